The Morgan fingerprint density at radius 1 is 1.43 bits per heavy atom. The van der Waals surface area contributed by atoms with E-state index < -0.39 is 0 Å². The van der Waals surface area contributed by atoms with Gasteiger partial charge in [0, 0.05) is 36.3 Å². The number of nitrogens with one attached hydrogen (secondary N) is 1. The van der Waals surface area contributed by atoms with E-state index in [1.807, 2.05) is 35.2 Å². The van der Waals surface area contributed by atoms with Crippen molar-refractivity contribution in [1.29, 1.82) is 0 Å². The molecule has 1 saturated heterocycles. The van der Waals surface area contributed by atoms with Crippen LogP contribution in [0.1, 0.15) is 30.1 Å². The summed E-state index contributed by atoms with van der Waals surface area (Å²) in [6, 6.07) is 9.97. The lowest BCUT2D eigenvalue weighted by atomic mass is 10.0. The standard InChI is InChI=1S/C17H21N3O/c1-2-20(15-6-4-9-18-12-15)17(21)14-7-8-16-13(11-14)5-3-10-19-16/h3,5,7-8,10-11,15,18H,2,4,6,9,12H2,1H3. The molecule has 1 aromatic heterocycles. The van der Waals surface area contributed by atoms with Crippen LogP contribution in [0, 0.1) is 0 Å². The summed E-state index contributed by atoms with van der Waals surface area (Å²) in [6.45, 7) is 4.75. The van der Waals surface area contributed by atoms with Crippen LogP contribution in [0.15, 0.2) is 36.5 Å². The minimum Gasteiger partial charge on any atom is -0.335 e. The lowest BCUT2D eigenvalue weighted by molar-refractivity contribution is 0.0662. The SMILES string of the molecule is CCN(C(=O)c1ccc2ncccc2c1)C1CCCNC1. The molecule has 1 aliphatic rings. The van der Waals surface area contributed by atoms with E-state index in [1.54, 1.807) is 6.20 Å². The molecule has 3 rings (SSSR count). The molecule has 1 atom stereocenters. The highest BCUT2D eigenvalue weighted by Gasteiger charge is 2.24. The second-order valence-electron chi connectivity index (χ2n) is 5.50. The molecule has 1 aromatic carbocycles. The average molecular weight is 283 g/mol. The molecule has 0 radical (unpaired) electrons. The Hall–Kier alpha value is -1.94. The molecule has 2 aromatic rings. The van der Waals surface area contributed by atoms with Gasteiger partial charge in [-0.3, -0.25) is 9.78 Å². The normalized spacial score (nSPS) is 18.6. The van der Waals surface area contributed by atoms with Crippen LogP contribution in [0.3, 0.4) is 0 Å². The third-order valence-corrected chi connectivity index (χ3v) is 4.16. The lowest BCUT2D eigenvalue weighted by Crippen LogP contribution is -2.48. The first-order chi connectivity index (χ1) is 10.3. The number of carbonyl (C=O) groups is 1. The highest BCUT2D eigenvalue weighted by molar-refractivity contribution is 5.98. The van der Waals surface area contributed by atoms with E-state index in [1.165, 1.54) is 0 Å². The highest BCUT2D eigenvalue weighted by Crippen LogP contribution is 2.18. The predicted molar refractivity (Wildman–Crippen MR) is 84.3 cm³/mol. The van der Waals surface area contributed by atoms with E-state index >= 15 is 0 Å². The first-order valence-corrected chi connectivity index (χ1v) is 7.66. The van der Waals surface area contributed by atoms with Gasteiger partial charge in [-0.05, 0) is 50.6 Å². The third kappa shape index (κ3) is 2.90. The van der Waals surface area contributed by atoms with E-state index in [4.69, 9.17) is 0 Å². The molecule has 4 heteroatoms. The number of aromatic nitrogens is 1. The van der Waals surface area contributed by atoms with Crippen LogP contribution in [0.2, 0.25) is 0 Å². The molecule has 1 unspecified atom stereocenters. The topological polar surface area (TPSA) is 45.2 Å². The fourth-order valence-corrected chi connectivity index (χ4v) is 3.04. The number of nitrogens with zero attached hydrogens (tertiary/aromatic N) is 2. The molecular formula is C17H21N3O. The smallest absolute Gasteiger partial charge is 0.254 e. The van der Waals surface area contributed by atoms with Crippen molar-refractivity contribution in [3.63, 3.8) is 0 Å². The molecule has 1 aliphatic heterocycles. The van der Waals surface area contributed by atoms with Crippen LogP contribution >= 0.6 is 0 Å². The molecule has 4 nitrogen and oxygen atoms in total. The summed E-state index contributed by atoms with van der Waals surface area (Å²) in [5, 5.41) is 4.40. The second-order valence-corrected chi connectivity index (χ2v) is 5.50. The Balaban J connectivity index is 1.86. The molecule has 110 valence electrons. The fourth-order valence-electron chi connectivity index (χ4n) is 3.04. The summed E-state index contributed by atoms with van der Waals surface area (Å²) in [5.74, 6) is 0.122. The molecular weight excluding hydrogens is 262 g/mol. The van der Waals surface area contributed by atoms with E-state index in [0.29, 0.717) is 6.04 Å². The van der Waals surface area contributed by atoms with Crippen molar-refractivity contribution in [2.45, 2.75) is 25.8 Å². The van der Waals surface area contributed by atoms with Gasteiger partial charge in [0.1, 0.15) is 0 Å². The van der Waals surface area contributed by atoms with Gasteiger partial charge in [-0.1, -0.05) is 6.07 Å². The monoisotopic (exact) mass is 283 g/mol. The van der Waals surface area contributed by atoms with E-state index in [2.05, 4.69) is 17.2 Å². The molecule has 21 heavy (non-hydrogen) atoms. The number of benzene rings is 1. The van der Waals surface area contributed by atoms with Crippen molar-refractivity contribution >= 4 is 16.8 Å². The Kier molecular flexibility index (Phi) is 4.15. The molecule has 1 fully saturated rings. The predicted octanol–water partition coefficient (Wildman–Crippen LogP) is 2.45. The summed E-state index contributed by atoms with van der Waals surface area (Å²) in [4.78, 5) is 19.1. The zero-order valence-electron chi connectivity index (χ0n) is 12.4. The molecule has 1 amide bonds. The summed E-state index contributed by atoms with van der Waals surface area (Å²) >= 11 is 0. The number of likely N-dealkylation sites (N-methyl/N-ethyl adjacent to an activating group) is 1. The van der Waals surface area contributed by atoms with Crippen molar-refractivity contribution in [2.75, 3.05) is 19.6 Å². The van der Waals surface area contributed by atoms with Crippen LogP contribution in [0.25, 0.3) is 10.9 Å². The number of hydrogen-bond acceptors (Lipinski definition) is 3. The van der Waals surface area contributed by atoms with Gasteiger partial charge in [-0.2, -0.15) is 0 Å². The number of piperidine rings is 1. The molecule has 0 saturated carbocycles. The van der Waals surface area contributed by atoms with Crippen molar-refractivity contribution in [3.05, 3.63) is 42.1 Å². The quantitative estimate of drug-likeness (QED) is 0.941. The van der Waals surface area contributed by atoms with Gasteiger partial charge in [0.15, 0.2) is 0 Å². The van der Waals surface area contributed by atoms with Crippen molar-refractivity contribution < 1.29 is 4.79 Å². The number of carbonyl (C=O) groups excluding carboxylic acids is 1. The minimum atomic E-state index is 0.122. The van der Waals surface area contributed by atoms with Gasteiger partial charge in [-0.15, -0.1) is 0 Å². The Bertz CT molecular complexity index is 635. The molecule has 1 N–H and O–H groups in total. The highest BCUT2D eigenvalue weighted by atomic mass is 16.2. The van der Waals surface area contributed by atoms with Crippen molar-refractivity contribution in [1.82, 2.24) is 15.2 Å². The first kappa shape index (κ1) is 14.0. The second kappa shape index (κ2) is 6.22. The van der Waals surface area contributed by atoms with E-state index in [-0.39, 0.29) is 5.91 Å². The van der Waals surface area contributed by atoms with Gasteiger partial charge in [-0.25, -0.2) is 0 Å². The summed E-state index contributed by atoms with van der Waals surface area (Å²) in [7, 11) is 0. The lowest BCUT2D eigenvalue weighted by Gasteiger charge is -2.34. The zero-order valence-corrected chi connectivity index (χ0v) is 12.4. The number of rotatable bonds is 3. The first-order valence-electron chi connectivity index (χ1n) is 7.66. The summed E-state index contributed by atoms with van der Waals surface area (Å²) in [6.07, 6.45) is 3.99. The van der Waals surface area contributed by atoms with Gasteiger partial charge in [0.2, 0.25) is 0 Å². The number of fused-ring (bicyclic) bond motifs is 1. The summed E-state index contributed by atoms with van der Waals surface area (Å²) < 4.78 is 0. The van der Waals surface area contributed by atoms with Crippen molar-refractivity contribution in [2.24, 2.45) is 0 Å². The maximum atomic E-state index is 12.8. The van der Waals surface area contributed by atoms with Gasteiger partial charge in [0.25, 0.3) is 5.91 Å². The largest absolute Gasteiger partial charge is 0.335 e. The summed E-state index contributed by atoms with van der Waals surface area (Å²) in [5.41, 5.74) is 1.68. The van der Waals surface area contributed by atoms with E-state index in [9.17, 15) is 4.79 Å². The number of pyridine rings is 1. The minimum absolute atomic E-state index is 0.122. The van der Waals surface area contributed by atoms with Gasteiger partial charge >= 0.3 is 0 Å². The van der Waals surface area contributed by atoms with Crippen LogP contribution in [0.4, 0.5) is 0 Å². The maximum absolute atomic E-state index is 12.8. The molecule has 0 bridgehead atoms. The Labute approximate surface area is 125 Å². The zero-order chi connectivity index (χ0) is 14.7. The van der Waals surface area contributed by atoms with E-state index in [0.717, 1.165) is 48.9 Å². The molecule has 2 heterocycles. The average Bonchev–Trinajstić information content (AvgIpc) is 2.56. The van der Waals surface area contributed by atoms with Crippen LogP contribution < -0.4 is 5.32 Å². The molecule has 0 spiro atoms. The number of hydrogen-bond donors (Lipinski definition) is 1. The Morgan fingerprint density at radius 3 is 3.10 bits per heavy atom. The van der Waals surface area contributed by atoms with Crippen LogP contribution in [-0.4, -0.2) is 41.5 Å². The van der Waals surface area contributed by atoms with Crippen molar-refractivity contribution in [3.8, 4) is 0 Å². The number of amides is 1. The van der Waals surface area contributed by atoms with Gasteiger partial charge in [0.05, 0.1) is 5.52 Å². The van der Waals surface area contributed by atoms with Crippen LogP contribution in [-0.2, 0) is 0 Å². The maximum Gasteiger partial charge on any atom is 0.254 e. The Morgan fingerprint density at radius 2 is 2.33 bits per heavy atom. The fraction of sp³-hybridized carbons (Fsp3) is 0.412. The molecule has 0 aliphatic carbocycles. The van der Waals surface area contributed by atoms with Gasteiger partial charge < -0.3 is 10.2 Å². The van der Waals surface area contributed by atoms with Crippen LogP contribution in [0.5, 0.6) is 0 Å². The third-order valence-electron chi connectivity index (χ3n) is 4.16.